The van der Waals surface area contributed by atoms with E-state index in [4.69, 9.17) is 0 Å². The standard InChI is InChI=1S/C19H16FNO5/c1-26-17(23)11-21-15-5-3-2-4-14(15)19(25,18(21)24)10-16(22)12-6-8-13(20)9-7-12/h2-9,25H,10-11H2,1H3. The van der Waals surface area contributed by atoms with Crippen LogP contribution >= 0.6 is 0 Å². The van der Waals surface area contributed by atoms with Crippen LogP contribution in [0.25, 0.3) is 0 Å². The Balaban J connectivity index is 1.95. The molecule has 0 saturated heterocycles. The second-order valence-corrected chi connectivity index (χ2v) is 5.95. The normalized spacial score (nSPS) is 18.6. The molecule has 134 valence electrons. The zero-order chi connectivity index (χ0) is 18.9. The van der Waals surface area contributed by atoms with E-state index in [9.17, 15) is 23.9 Å². The molecule has 1 unspecified atom stereocenters. The Morgan fingerprint density at radius 1 is 1.15 bits per heavy atom. The summed E-state index contributed by atoms with van der Waals surface area (Å²) in [5, 5.41) is 11.0. The van der Waals surface area contributed by atoms with Crippen LogP contribution in [0.15, 0.2) is 48.5 Å². The predicted octanol–water partition coefficient (Wildman–Crippen LogP) is 1.81. The quantitative estimate of drug-likeness (QED) is 0.652. The van der Waals surface area contributed by atoms with Gasteiger partial charge in [-0.2, -0.15) is 0 Å². The maximum atomic E-state index is 13.0. The largest absolute Gasteiger partial charge is 0.468 e. The minimum absolute atomic E-state index is 0.177. The van der Waals surface area contributed by atoms with Crippen LogP contribution in [0.1, 0.15) is 22.3 Å². The lowest BCUT2D eigenvalue weighted by molar-refractivity contribution is -0.142. The molecule has 0 spiro atoms. The molecule has 1 aliphatic rings. The van der Waals surface area contributed by atoms with E-state index in [-0.39, 0.29) is 17.7 Å². The molecule has 26 heavy (non-hydrogen) atoms. The van der Waals surface area contributed by atoms with Gasteiger partial charge in [0.25, 0.3) is 5.91 Å². The Labute approximate surface area is 148 Å². The molecular formula is C19H16FNO5. The fourth-order valence-electron chi connectivity index (χ4n) is 3.00. The molecule has 1 N–H and O–H groups in total. The molecule has 7 heteroatoms. The first kappa shape index (κ1) is 17.8. The molecule has 1 amide bonds. The highest BCUT2D eigenvalue weighted by Gasteiger charge is 2.51. The zero-order valence-electron chi connectivity index (χ0n) is 13.9. The van der Waals surface area contributed by atoms with Crippen molar-refractivity contribution in [2.45, 2.75) is 12.0 Å². The van der Waals surface area contributed by atoms with Gasteiger partial charge in [0.15, 0.2) is 11.4 Å². The van der Waals surface area contributed by atoms with E-state index in [2.05, 4.69) is 4.74 Å². The van der Waals surface area contributed by atoms with Crippen LogP contribution in [-0.4, -0.2) is 36.4 Å². The van der Waals surface area contributed by atoms with Gasteiger partial charge < -0.3 is 9.84 Å². The van der Waals surface area contributed by atoms with Gasteiger partial charge in [-0.05, 0) is 30.3 Å². The lowest BCUT2D eigenvalue weighted by Crippen LogP contribution is -2.43. The maximum Gasteiger partial charge on any atom is 0.325 e. The van der Waals surface area contributed by atoms with Crippen molar-refractivity contribution in [3.63, 3.8) is 0 Å². The third-order valence-electron chi connectivity index (χ3n) is 4.34. The Hall–Kier alpha value is -3.06. The summed E-state index contributed by atoms with van der Waals surface area (Å²) in [6.07, 6.45) is -0.522. The first-order chi connectivity index (χ1) is 12.4. The second-order valence-electron chi connectivity index (χ2n) is 5.95. The SMILES string of the molecule is COC(=O)CN1C(=O)C(O)(CC(=O)c2ccc(F)cc2)c2ccccc21. The topological polar surface area (TPSA) is 83.9 Å². The number of esters is 1. The van der Waals surface area contributed by atoms with E-state index in [1.54, 1.807) is 18.2 Å². The zero-order valence-corrected chi connectivity index (χ0v) is 13.9. The second kappa shape index (κ2) is 6.68. The Morgan fingerprint density at radius 2 is 1.81 bits per heavy atom. The highest BCUT2D eigenvalue weighted by molar-refractivity contribution is 6.12. The molecule has 1 aliphatic heterocycles. The van der Waals surface area contributed by atoms with Crippen molar-refractivity contribution in [3.8, 4) is 0 Å². The predicted molar refractivity (Wildman–Crippen MR) is 90.1 cm³/mol. The van der Waals surface area contributed by atoms with Gasteiger partial charge in [-0.1, -0.05) is 18.2 Å². The summed E-state index contributed by atoms with van der Waals surface area (Å²) in [5.41, 5.74) is -1.34. The average molecular weight is 357 g/mol. The molecule has 1 atom stereocenters. The van der Waals surface area contributed by atoms with Gasteiger partial charge in [0, 0.05) is 11.1 Å². The number of carbonyl (C=O) groups excluding carboxylic acids is 3. The van der Waals surface area contributed by atoms with Crippen molar-refractivity contribution in [2.75, 3.05) is 18.6 Å². The van der Waals surface area contributed by atoms with Crippen molar-refractivity contribution in [3.05, 3.63) is 65.5 Å². The number of halogens is 1. The van der Waals surface area contributed by atoms with Gasteiger partial charge in [-0.3, -0.25) is 19.3 Å². The highest BCUT2D eigenvalue weighted by atomic mass is 19.1. The molecule has 2 aromatic rings. The molecule has 0 saturated carbocycles. The molecule has 0 aliphatic carbocycles. The minimum atomic E-state index is -2.10. The van der Waals surface area contributed by atoms with Crippen LogP contribution in [-0.2, 0) is 19.9 Å². The Morgan fingerprint density at radius 3 is 2.46 bits per heavy atom. The van der Waals surface area contributed by atoms with E-state index in [0.717, 1.165) is 17.0 Å². The van der Waals surface area contributed by atoms with Gasteiger partial charge in [-0.15, -0.1) is 0 Å². The molecule has 0 fully saturated rings. The molecule has 0 aromatic heterocycles. The van der Waals surface area contributed by atoms with Crippen molar-refractivity contribution >= 4 is 23.3 Å². The van der Waals surface area contributed by atoms with Crippen molar-refractivity contribution in [1.29, 1.82) is 0 Å². The van der Waals surface area contributed by atoms with Gasteiger partial charge >= 0.3 is 5.97 Å². The number of benzene rings is 2. The van der Waals surface area contributed by atoms with Crippen LogP contribution < -0.4 is 4.90 Å². The number of carbonyl (C=O) groups is 3. The smallest absolute Gasteiger partial charge is 0.325 e. The van der Waals surface area contributed by atoms with Gasteiger partial charge in [0.2, 0.25) is 0 Å². The number of aliphatic hydroxyl groups is 1. The molecule has 6 nitrogen and oxygen atoms in total. The molecule has 3 rings (SSSR count). The summed E-state index contributed by atoms with van der Waals surface area (Å²) in [5.74, 6) is -2.44. The summed E-state index contributed by atoms with van der Waals surface area (Å²) in [6.45, 7) is -0.376. The van der Waals surface area contributed by atoms with Crippen molar-refractivity contribution in [2.24, 2.45) is 0 Å². The van der Waals surface area contributed by atoms with Crippen molar-refractivity contribution in [1.82, 2.24) is 0 Å². The van der Waals surface area contributed by atoms with Crippen LogP contribution in [0.2, 0.25) is 0 Å². The number of anilines is 1. The van der Waals surface area contributed by atoms with E-state index in [1.165, 1.54) is 25.3 Å². The number of nitrogens with zero attached hydrogens (tertiary/aromatic N) is 1. The number of hydrogen-bond acceptors (Lipinski definition) is 5. The van der Waals surface area contributed by atoms with Gasteiger partial charge in [0.05, 0.1) is 19.2 Å². The number of fused-ring (bicyclic) bond motifs is 1. The van der Waals surface area contributed by atoms with Crippen LogP contribution in [0.5, 0.6) is 0 Å². The fraction of sp³-hybridized carbons (Fsp3) is 0.211. The van der Waals surface area contributed by atoms with Gasteiger partial charge in [0.1, 0.15) is 12.4 Å². The maximum absolute atomic E-state index is 13.0. The van der Waals surface area contributed by atoms with E-state index in [1.807, 2.05) is 0 Å². The highest BCUT2D eigenvalue weighted by Crippen LogP contribution is 2.42. The number of ketones is 1. The first-order valence-electron chi connectivity index (χ1n) is 7.86. The van der Waals surface area contributed by atoms with Crippen LogP contribution in [0, 0.1) is 5.82 Å². The number of ether oxygens (including phenoxy) is 1. The molecule has 1 heterocycles. The first-order valence-corrected chi connectivity index (χ1v) is 7.86. The summed E-state index contributed by atoms with van der Waals surface area (Å²) >= 11 is 0. The lowest BCUT2D eigenvalue weighted by atomic mass is 9.88. The number of methoxy groups -OCH3 is 1. The summed E-state index contributed by atoms with van der Waals surface area (Å²) in [6, 6.07) is 11.2. The summed E-state index contributed by atoms with van der Waals surface area (Å²) < 4.78 is 17.6. The lowest BCUT2D eigenvalue weighted by Gasteiger charge is -2.22. The Kier molecular flexibility index (Phi) is 4.56. The third kappa shape index (κ3) is 2.97. The number of Topliss-reactive ketones (excluding diaryl/α,β-unsaturated/α-hetero) is 1. The average Bonchev–Trinajstić information content (AvgIpc) is 2.84. The Bertz CT molecular complexity index is 880. The molecule has 0 radical (unpaired) electrons. The molecular weight excluding hydrogens is 341 g/mol. The molecule has 2 aromatic carbocycles. The van der Waals surface area contributed by atoms with E-state index >= 15 is 0 Å². The number of para-hydroxylation sites is 1. The van der Waals surface area contributed by atoms with E-state index in [0.29, 0.717) is 5.69 Å². The number of hydrogen-bond donors (Lipinski definition) is 1. The minimum Gasteiger partial charge on any atom is -0.468 e. The molecule has 0 bridgehead atoms. The van der Waals surface area contributed by atoms with E-state index < -0.39 is 35.5 Å². The fourth-order valence-corrected chi connectivity index (χ4v) is 3.00. The number of amides is 1. The van der Waals surface area contributed by atoms with Crippen molar-refractivity contribution < 1.29 is 28.6 Å². The summed E-state index contributed by atoms with van der Waals surface area (Å²) in [7, 11) is 1.19. The van der Waals surface area contributed by atoms with Gasteiger partial charge in [-0.25, -0.2) is 4.39 Å². The summed E-state index contributed by atoms with van der Waals surface area (Å²) in [4.78, 5) is 38.0. The van der Waals surface area contributed by atoms with Crippen LogP contribution in [0.4, 0.5) is 10.1 Å². The third-order valence-corrected chi connectivity index (χ3v) is 4.34. The monoisotopic (exact) mass is 357 g/mol. The van der Waals surface area contributed by atoms with Crippen LogP contribution in [0.3, 0.4) is 0 Å². The number of rotatable bonds is 5.